The Morgan fingerprint density at radius 3 is 1.83 bits per heavy atom. The van der Waals surface area contributed by atoms with Crippen molar-refractivity contribution in [3.8, 4) is 0 Å². The van der Waals surface area contributed by atoms with Crippen LogP contribution in [-0.2, 0) is 36.8 Å². The van der Waals surface area contributed by atoms with Crippen molar-refractivity contribution in [1.82, 2.24) is 26.2 Å². The second-order valence-electron chi connectivity index (χ2n) is 14.9. The molecule has 12 heteroatoms. The van der Waals surface area contributed by atoms with Crippen LogP contribution in [0.3, 0.4) is 0 Å². The van der Waals surface area contributed by atoms with Crippen LogP contribution in [0.5, 0.6) is 0 Å². The number of aryl methyl sites for hydroxylation is 1. The van der Waals surface area contributed by atoms with Crippen molar-refractivity contribution >= 4 is 23.6 Å². The molecule has 1 aliphatic heterocycles. The van der Waals surface area contributed by atoms with Crippen LogP contribution in [0.15, 0.2) is 60.7 Å². The van der Waals surface area contributed by atoms with E-state index in [2.05, 4.69) is 21.3 Å². The number of nitrogens with one attached hydrogen (secondary N) is 4. The number of aliphatic hydroxyl groups is 2. The van der Waals surface area contributed by atoms with Crippen molar-refractivity contribution < 1.29 is 34.1 Å². The van der Waals surface area contributed by atoms with Crippen LogP contribution >= 0.6 is 0 Å². The van der Waals surface area contributed by atoms with Gasteiger partial charge in [0.05, 0.1) is 31.9 Å². The van der Waals surface area contributed by atoms with E-state index in [4.69, 9.17) is 4.74 Å². The zero-order valence-corrected chi connectivity index (χ0v) is 31.6. The maximum atomic E-state index is 14.1. The average Bonchev–Trinajstić information content (AvgIpc) is 3.12. The molecule has 52 heavy (non-hydrogen) atoms. The number of benzene rings is 2. The summed E-state index contributed by atoms with van der Waals surface area (Å²) in [5.41, 5.74) is 1.84. The van der Waals surface area contributed by atoms with Crippen LogP contribution in [0.25, 0.3) is 0 Å². The molecule has 0 aromatic heterocycles. The first-order valence-electron chi connectivity index (χ1n) is 18.7. The predicted octanol–water partition coefficient (Wildman–Crippen LogP) is 2.21. The number of ether oxygens (including phenoxy) is 1. The number of amides is 4. The van der Waals surface area contributed by atoms with Crippen LogP contribution in [0.4, 0.5) is 0 Å². The lowest BCUT2D eigenvalue weighted by Crippen LogP contribution is -2.59. The van der Waals surface area contributed by atoms with E-state index in [1.165, 1.54) is 0 Å². The highest BCUT2D eigenvalue weighted by Crippen LogP contribution is 2.16. The van der Waals surface area contributed by atoms with Crippen LogP contribution in [0.1, 0.15) is 65.0 Å². The Morgan fingerprint density at radius 2 is 1.25 bits per heavy atom. The molecule has 6 N–H and O–H groups in total. The summed E-state index contributed by atoms with van der Waals surface area (Å²) in [5, 5.41) is 32.4. The van der Waals surface area contributed by atoms with Gasteiger partial charge >= 0.3 is 0 Å². The van der Waals surface area contributed by atoms with Gasteiger partial charge in [-0.2, -0.15) is 0 Å². The third-order valence-corrected chi connectivity index (χ3v) is 9.28. The van der Waals surface area contributed by atoms with Gasteiger partial charge in [0, 0.05) is 32.0 Å². The number of hydrogen-bond acceptors (Lipinski definition) is 8. The van der Waals surface area contributed by atoms with E-state index >= 15 is 0 Å². The number of nitrogens with zero attached hydrogens (tertiary/aromatic N) is 1. The lowest BCUT2D eigenvalue weighted by atomic mass is 9.91. The Morgan fingerprint density at radius 1 is 0.712 bits per heavy atom. The number of rotatable bonds is 21. The molecule has 1 fully saturated rings. The molecule has 0 spiro atoms. The quantitative estimate of drug-likeness (QED) is 0.114. The van der Waals surface area contributed by atoms with Crippen molar-refractivity contribution in [3.63, 3.8) is 0 Å². The van der Waals surface area contributed by atoms with Gasteiger partial charge in [0.25, 0.3) is 0 Å². The minimum absolute atomic E-state index is 0.0154. The molecule has 0 aliphatic carbocycles. The van der Waals surface area contributed by atoms with Gasteiger partial charge in [-0.05, 0) is 48.6 Å². The maximum Gasteiger partial charge on any atom is 0.243 e. The highest BCUT2D eigenvalue weighted by molar-refractivity contribution is 5.94. The lowest BCUT2D eigenvalue weighted by molar-refractivity contribution is -0.134. The van der Waals surface area contributed by atoms with Crippen molar-refractivity contribution in [1.29, 1.82) is 0 Å². The molecule has 0 saturated carbocycles. The summed E-state index contributed by atoms with van der Waals surface area (Å²) in [6.07, 6.45) is 0.812. The van der Waals surface area contributed by atoms with E-state index in [0.29, 0.717) is 52.0 Å². The standard InChI is InChI=1S/C40H61N5O7/c1-27(2)22-33(37(48)29(5)26-46)42-40(51)35(24-31-14-10-7-11-15-31)44-39(50)34(23-28(3)4)43-38(49)32(17-16-30-12-8-6-9-13-30)41-36(47)25-45-18-20-52-21-19-45/h6-15,27-29,32-35,37,46,48H,16-26H2,1-5H3,(H,41,47)(H,42,51)(H,43,49)(H,44,50)/t29-,32+,33+,34+,35+,37+/m1/s1. The molecule has 1 aliphatic rings. The molecule has 2 aromatic carbocycles. The van der Waals surface area contributed by atoms with E-state index in [0.717, 1.165) is 11.1 Å². The van der Waals surface area contributed by atoms with Crippen LogP contribution in [0, 0.1) is 17.8 Å². The summed E-state index contributed by atoms with van der Waals surface area (Å²) in [7, 11) is 0. The molecule has 6 atom stereocenters. The fraction of sp³-hybridized carbons (Fsp3) is 0.600. The van der Waals surface area contributed by atoms with E-state index in [1.807, 2.05) is 93.3 Å². The SMILES string of the molecule is CC(C)C[C@H](NC(=O)[C@H](CCc1ccccc1)NC(=O)CN1CCOCC1)C(=O)N[C@@H](Cc1ccccc1)C(=O)N[C@@H](CC(C)C)[C@@H](O)[C@H](C)CO. The molecule has 0 radical (unpaired) electrons. The zero-order chi connectivity index (χ0) is 38.0. The zero-order valence-electron chi connectivity index (χ0n) is 31.6. The minimum Gasteiger partial charge on any atom is -0.396 e. The largest absolute Gasteiger partial charge is 0.396 e. The fourth-order valence-corrected chi connectivity index (χ4v) is 6.31. The van der Waals surface area contributed by atoms with Gasteiger partial charge in [0.15, 0.2) is 0 Å². The van der Waals surface area contributed by atoms with Gasteiger partial charge in [0.2, 0.25) is 23.6 Å². The molecular weight excluding hydrogens is 662 g/mol. The van der Waals surface area contributed by atoms with Gasteiger partial charge in [0.1, 0.15) is 18.1 Å². The third-order valence-electron chi connectivity index (χ3n) is 9.28. The van der Waals surface area contributed by atoms with Crippen molar-refractivity contribution in [2.45, 2.75) is 97.0 Å². The van der Waals surface area contributed by atoms with Gasteiger partial charge in [-0.15, -0.1) is 0 Å². The molecule has 0 unspecified atom stereocenters. The first kappa shape index (κ1) is 42.6. The molecule has 1 heterocycles. The second-order valence-corrected chi connectivity index (χ2v) is 14.9. The smallest absolute Gasteiger partial charge is 0.243 e. The number of aliphatic hydroxyl groups excluding tert-OH is 2. The molecule has 1 saturated heterocycles. The first-order valence-corrected chi connectivity index (χ1v) is 18.7. The Labute approximate surface area is 309 Å². The van der Waals surface area contributed by atoms with Crippen LogP contribution < -0.4 is 21.3 Å². The Balaban J connectivity index is 1.82. The maximum absolute atomic E-state index is 14.1. The molecule has 0 bridgehead atoms. The second kappa shape index (κ2) is 22.3. The summed E-state index contributed by atoms with van der Waals surface area (Å²) >= 11 is 0. The topological polar surface area (TPSA) is 169 Å². The average molecular weight is 724 g/mol. The Kier molecular flexibility index (Phi) is 18.2. The molecule has 12 nitrogen and oxygen atoms in total. The van der Waals surface area contributed by atoms with Gasteiger partial charge in [-0.3, -0.25) is 24.1 Å². The van der Waals surface area contributed by atoms with Crippen LogP contribution in [-0.4, -0.2) is 108 Å². The molecule has 2 aromatic rings. The van der Waals surface area contributed by atoms with Gasteiger partial charge in [-0.25, -0.2) is 0 Å². The number of carbonyl (C=O) groups is 4. The van der Waals surface area contributed by atoms with Gasteiger partial charge < -0.3 is 36.2 Å². The fourth-order valence-electron chi connectivity index (χ4n) is 6.31. The monoisotopic (exact) mass is 723 g/mol. The minimum atomic E-state index is -1.02. The summed E-state index contributed by atoms with van der Waals surface area (Å²) in [4.78, 5) is 57.1. The van der Waals surface area contributed by atoms with Crippen molar-refractivity contribution in [2.75, 3.05) is 39.5 Å². The molecular formula is C40H61N5O7. The Bertz CT molecular complexity index is 1370. The third kappa shape index (κ3) is 15.0. The van der Waals surface area contributed by atoms with E-state index < -0.39 is 53.9 Å². The number of carbonyl (C=O) groups excluding carboxylic acids is 4. The Hall–Kier alpha value is -3.84. The molecule has 288 valence electrons. The van der Waals surface area contributed by atoms with E-state index in [-0.39, 0.29) is 37.3 Å². The summed E-state index contributed by atoms with van der Waals surface area (Å²) < 4.78 is 5.40. The summed E-state index contributed by atoms with van der Waals surface area (Å²) in [5.74, 6) is -2.07. The number of hydrogen-bond donors (Lipinski definition) is 6. The van der Waals surface area contributed by atoms with Crippen molar-refractivity contribution in [2.24, 2.45) is 17.8 Å². The highest BCUT2D eigenvalue weighted by Gasteiger charge is 2.33. The van der Waals surface area contributed by atoms with E-state index in [1.54, 1.807) is 6.92 Å². The summed E-state index contributed by atoms with van der Waals surface area (Å²) in [6.45, 7) is 11.8. The van der Waals surface area contributed by atoms with Crippen molar-refractivity contribution in [3.05, 3.63) is 71.8 Å². The summed E-state index contributed by atoms with van der Waals surface area (Å²) in [6, 6.07) is 15.4. The highest BCUT2D eigenvalue weighted by atomic mass is 16.5. The molecule has 3 rings (SSSR count). The molecule has 4 amide bonds. The van der Waals surface area contributed by atoms with Crippen LogP contribution in [0.2, 0.25) is 0 Å². The van der Waals surface area contributed by atoms with E-state index in [9.17, 15) is 29.4 Å². The lowest BCUT2D eigenvalue weighted by Gasteiger charge is -2.31. The normalized spacial score (nSPS) is 17.0. The first-order chi connectivity index (χ1) is 24.9. The van der Waals surface area contributed by atoms with Gasteiger partial charge in [-0.1, -0.05) is 95.3 Å². The predicted molar refractivity (Wildman–Crippen MR) is 201 cm³/mol. The number of morpholine rings is 1.